The Balaban J connectivity index is 1.56. The average Bonchev–Trinajstić information content (AvgIpc) is 3.44. The molecule has 0 radical (unpaired) electrons. The van der Waals surface area contributed by atoms with Crippen LogP contribution in [-0.2, 0) is 9.53 Å². The van der Waals surface area contributed by atoms with Gasteiger partial charge in [-0.2, -0.15) is 0 Å². The number of amides is 2. The van der Waals surface area contributed by atoms with E-state index in [1.54, 1.807) is 16.5 Å². The second kappa shape index (κ2) is 8.54. The number of nitrogens with zero attached hydrogens (tertiary/aromatic N) is 4. The first-order valence-corrected chi connectivity index (χ1v) is 10.2. The summed E-state index contributed by atoms with van der Waals surface area (Å²) in [6.45, 7) is 3.76. The first-order valence-electron chi connectivity index (χ1n) is 9.37. The maximum atomic E-state index is 12.8. The van der Waals surface area contributed by atoms with Crippen molar-refractivity contribution in [2.24, 2.45) is 0 Å². The van der Waals surface area contributed by atoms with E-state index in [9.17, 15) is 9.59 Å². The topological polar surface area (TPSA) is 89.3 Å². The Morgan fingerprint density at radius 1 is 1.14 bits per heavy atom. The maximum Gasteiger partial charge on any atom is 0.291 e. The highest BCUT2D eigenvalue weighted by molar-refractivity contribution is 7.13. The van der Waals surface area contributed by atoms with E-state index in [0.29, 0.717) is 32.1 Å². The highest BCUT2D eigenvalue weighted by atomic mass is 32.1. The lowest BCUT2D eigenvalue weighted by atomic mass is 10.2. The number of benzene rings is 1. The second-order valence-corrected chi connectivity index (χ2v) is 7.56. The zero-order valence-corrected chi connectivity index (χ0v) is 16.8. The molecule has 0 spiro atoms. The number of carbonyl (C=O) groups excluding carboxylic acids is 2. The largest absolute Gasteiger partial charge is 0.378 e. The fraction of sp³-hybridized carbons (Fsp3) is 0.300. The van der Waals surface area contributed by atoms with Crippen molar-refractivity contribution in [2.45, 2.75) is 13.0 Å². The van der Waals surface area contributed by atoms with Crippen LogP contribution in [0.3, 0.4) is 0 Å². The first kappa shape index (κ1) is 19.3. The lowest BCUT2D eigenvalue weighted by molar-refractivity contribution is -0.136. The van der Waals surface area contributed by atoms with Crippen LogP contribution >= 0.6 is 11.3 Å². The van der Waals surface area contributed by atoms with Crippen molar-refractivity contribution in [2.75, 3.05) is 26.3 Å². The van der Waals surface area contributed by atoms with Crippen LogP contribution in [-0.4, -0.2) is 63.8 Å². The number of hydrogen-bond acceptors (Lipinski definition) is 6. The average molecular weight is 411 g/mol. The molecular weight excluding hydrogens is 390 g/mol. The summed E-state index contributed by atoms with van der Waals surface area (Å²) in [5.74, 6) is -0.00314. The van der Waals surface area contributed by atoms with Gasteiger partial charge in [0, 0.05) is 13.1 Å². The van der Waals surface area contributed by atoms with E-state index >= 15 is 0 Å². The molecule has 1 atom stereocenters. The molecule has 1 aromatic carbocycles. The summed E-state index contributed by atoms with van der Waals surface area (Å²) in [6, 6.07) is 12.7. The molecule has 1 aliphatic heterocycles. The number of ether oxygens (including phenoxy) is 1. The van der Waals surface area contributed by atoms with Gasteiger partial charge in [0.25, 0.3) is 5.91 Å². The number of para-hydroxylation sites is 1. The van der Waals surface area contributed by atoms with Gasteiger partial charge in [-0.1, -0.05) is 24.3 Å². The fourth-order valence-corrected chi connectivity index (χ4v) is 3.80. The van der Waals surface area contributed by atoms with E-state index in [2.05, 4.69) is 15.4 Å². The summed E-state index contributed by atoms with van der Waals surface area (Å²) in [5.41, 5.74) is 0.805. The standard InChI is InChI=1S/C20H21N5O3S/c1-14(20(27)24-9-11-28-12-10-24)21-19(26)17-22-18(16-8-5-13-29-16)25(23-17)15-6-3-2-4-7-15/h2-8,13-14H,9-12H2,1H3,(H,21,26). The molecule has 3 heterocycles. The highest BCUT2D eigenvalue weighted by Crippen LogP contribution is 2.25. The predicted octanol–water partition coefficient (Wildman–Crippen LogP) is 1.97. The number of aromatic nitrogens is 3. The van der Waals surface area contributed by atoms with E-state index < -0.39 is 11.9 Å². The van der Waals surface area contributed by atoms with E-state index in [1.807, 2.05) is 47.8 Å². The molecule has 0 bridgehead atoms. The van der Waals surface area contributed by atoms with Gasteiger partial charge in [0.2, 0.25) is 11.7 Å². The van der Waals surface area contributed by atoms with E-state index in [1.165, 1.54) is 11.3 Å². The zero-order chi connectivity index (χ0) is 20.2. The molecule has 9 heteroatoms. The number of carbonyl (C=O) groups is 2. The molecule has 8 nitrogen and oxygen atoms in total. The molecule has 1 N–H and O–H groups in total. The van der Waals surface area contributed by atoms with E-state index in [4.69, 9.17) is 4.74 Å². The Kier molecular flexibility index (Phi) is 5.68. The van der Waals surface area contributed by atoms with Crippen molar-refractivity contribution in [1.29, 1.82) is 0 Å². The van der Waals surface area contributed by atoms with Crippen LogP contribution in [0.25, 0.3) is 16.4 Å². The molecule has 1 fully saturated rings. The molecule has 0 aliphatic carbocycles. The smallest absolute Gasteiger partial charge is 0.291 e. The summed E-state index contributed by atoms with van der Waals surface area (Å²) in [7, 11) is 0. The van der Waals surface area contributed by atoms with Crippen LogP contribution in [0, 0.1) is 0 Å². The number of rotatable bonds is 5. The Hall–Kier alpha value is -3.04. The molecule has 1 saturated heterocycles. The quantitative estimate of drug-likeness (QED) is 0.693. The molecule has 150 valence electrons. The van der Waals surface area contributed by atoms with Crippen molar-refractivity contribution in [3.05, 3.63) is 53.7 Å². The van der Waals surface area contributed by atoms with Crippen LogP contribution in [0.5, 0.6) is 0 Å². The number of thiophene rings is 1. The third-order valence-corrected chi connectivity index (χ3v) is 5.46. The number of morpholine rings is 1. The van der Waals surface area contributed by atoms with Gasteiger partial charge in [0.1, 0.15) is 6.04 Å². The van der Waals surface area contributed by atoms with Gasteiger partial charge < -0.3 is 15.0 Å². The minimum atomic E-state index is -0.672. The zero-order valence-electron chi connectivity index (χ0n) is 15.9. The Labute approximate surface area is 172 Å². The van der Waals surface area contributed by atoms with Crippen molar-refractivity contribution < 1.29 is 14.3 Å². The minimum Gasteiger partial charge on any atom is -0.378 e. The van der Waals surface area contributed by atoms with Gasteiger partial charge >= 0.3 is 0 Å². The molecular formula is C20H21N5O3S. The Morgan fingerprint density at radius 2 is 1.90 bits per heavy atom. The monoisotopic (exact) mass is 411 g/mol. The van der Waals surface area contributed by atoms with Gasteiger partial charge in [0.15, 0.2) is 5.82 Å². The first-order chi connectivity index (χ1) is 14.1. The van der Waals surface area contributed by atoms with Crippen LogP contribution in [0.4, 0.5) is 0 Å². The SMILES string of the molecule is CC(NC(=O)c1nc(-c2cccs2)n(-c2ccccc2)n1)C(=O)N1CCOCC1. The summed E-state index contributed by atoms with van der Waals surface area (Å²) >= 11 is 1.52. The maximum absolute atomic E-state index is 12.8. The molecule has 1 aliphatic rings. The van der Waals surface area contributed by atoms with Gasteiger partial charge in [0.05, 0.1) is 23.8 Å². The summed E-state index contributed by atoms with van der Waals surface area (Å²) in [4.78, 5) is 32.4. The van der Waals surface area contributed by atoms with Crippen molar-refractivity contribution in [3.8, 4) is 16.4 Å². The molecule has 4 rings (SSSR count). The third kappa shape index (κ3) is 4.20. The predicted molar refractivity (Wildman–Crippen MR) is 109 cm³/mol. The van der Waals surface area contributed by atoms with Crippen molar-refractivity contribution in [3.63, 3.8) is 0 Å². The van der Waals surface area contributed by atoms with Gasteiger partial charge in [-0.05, 0) is 30.5 Å². The van der Waals surface area contributed by atoms with E-state index in [-0.39, 0.29) is 11.7 Å². The number of hydrogen-bond donors (Lipinski definition) is 1. The molecule has 29 heavy (non-hydrogen) atoms. The lowest BCUT2D eigenvalue weighted by Gasteiger charge is -2.29. The second-order valence-electron chi connectivity index (χ2n) is 6.62. The summed E-state index contributed by atoms with van der Waals surface area (Å²) < 4.78 is 6.92. The van der Waals surface area contributed by atoms with Gasteiger partial charge in [-0.25, -0.2) is 9.67 Å². The van der Waals surface area contributed by atoms with Crippen LogP contribution < -0.4 is 5.32 Å². The van der Waals surface area contributed by atoms with Crippen LogP contribution in [0.2, 0.25) is 0 Å². The highest BCUT2D eigenvalue weighted by Gasteiger charge is 2.26. The van der Waals surface area contributed by atoms with Crippen molar-refractivity contribution >= 4 is 23.2 Å². The lowest BCUT2D eigenvalue weighted by Crippen LogP contribution is -2.50. The van der Waals surface area contributed by atoms with Crippen LogP contribution in [0.1, 0.15) is 17.5 Å². The van der Waals surface area contributed by atoms with Gasteiger partial charge in [-0.15, -0.1) is 16.4 Å². The Bertz CT molecular complexity index is 981. The molecule has 1 unspecified atom stereocenters. The summed E-state index contributed by atoms with van der Waals surface area (Å²) in [6.07, 6.45) is 0. The fourth-order valence-electron chi connectivity index (χ4n) is 3.10. The van der Waals surface area contributed by atoms with Gasteiger partial charge in [-0.3, -0.25) is 9.59 Å². The molecule has 3 aromatic rings. The molecule has 2 aromatic heterocycles. The van der Waals surface area contributed by atoms with Crippen molar-refractivity contribution in [1.82, 2.24) is 25.0 Å². The number of nitrogens with one attached hydrogen (secondary N) is 1. The van der Waals surface area contributed by atoms with Crippen LogP contribution in [0.15, 0.2) is 47.8 Å². The molecule has 2 amide bonds. The summed E-state index contributed by atoms with van der Waals surface area (Å²) in [5, 5.41) is 9.09. The normalized spacial score (nSPS) is 15.1. The Morgan fingerprint density at radius 3 is 2.59 bits per heavy atom. The third-order valence-electron chi connectivity index (χ3n) is 4.59. The van der Waals surface area contributed by atoms with E-state index in [0.717, 1.165) is 10.6 Å². The molecule has 0 saturated carbocycles. The minimum absolute atomic E-state index is 0.0267.